The van der Waals surface area contributed by atoms with Crippen molar-refractivity contribution in [2.75, 3.05) is 6.61 Å². The van der Waals surface area contributed by atoms with Gasteiger partial charge in [0.1, 0.15) is 11.5 Å². The molecule has 3 nitrogen and oxygen atoms in total. The van der Waals surface area contributed by atoms with Crippen LogP contribution < -0.4 is 4.74 Å². The first-order valence-corrected chi connectivity index (χ1v) is 6.41. The molecule has 1 aromatic rings. The van der Waals surface area contributed by atoms with Crippen LogP contribution in [0, 0.1) is 17.2 Å². The average molecular weight is 243 g/mol. The van der Waals surface area contributed by atoms with Gasteiger partial charge in [-0.3, -0.25) is 4.79 Å². The molecule has 2 rings (SSSR count). The van der Waals surface area contributed by atoms with E-state index in [1.807, 2.05) is 24.3 Å². The topological polar surface area (TPSA) is 50.1 Å². The minimum absolute atomic E-state index is 0.211. The van der Waals surface area contributed by atoms with Gasteiger partial charge in [-0.2, -0.15) is 5.26 Å². The van der Waals surface area contributed by atoms with E-state index in [0.717, 1.165) is 37.0 Å². The number of Topliss-reactive ketones (excluding diaryl/α,β-unsaturated/α-hetero) is 1. The molecule has 0 bridgehead atoms. The van der Waals surface area contributed by atoms with E-state index in [4.69, 9.17) is 10.00 Å². The van der Waals surface area contributed by atoms with Crippen molar-refractivity contribution >= 4 is 5.78 Å². The molecule has 18 heavy (non-hydrogen) atoms. The Balaban J connectivity index is 1.76. The van der Waals surface area contributed by atoms with Crippen LogP contribution in [0.4, 0.5) is 0 Å². The molecular formula is C15H17NO2. The van der Waals surface area contributed by atoms with Crippen LogP contribution in [-0.2, 0) is 11.2 Å². The van der Waals surface area contributed by atoms with Gasteiger partial charge < -0.3 is 4.74 Å². The number of hydrogen-bond donors (Lipinski definition) is 0. The summed E-state index contributed by atoms with van der Waals surface area (Å²) in [6, 6.07) is 9.67. The van der Waals surface area contributed by atoms with E-state index in [9.17, 15) is 4.79 Å². The van der Waals surface area contributed by atoms with Gasteiger partial charge in [-0.15, -0.1) is 0 Å². The number of hydrogen-bond acceptors (Lipinski definition) is 3. The normalized spacial score (nSPS) is 18.6. The number of ketones is 1. The molecule has 1 fully saturated rings. The van der Waals surface area contributed by atoms with Crippen LogP contribution in [0.15, 0.2) is 24.3 Å². The van der Waals surface area contributed by atoms with Crippen molar-refractivity contribution in [2.45, 2.75) is 32.1 Å². The number of nitrogens with zero attached hydrogens (tertiary/aromatic N) is 1. The molecule has 1 aliphatic rings. The van der Waals surface area contributed by atoms with Gasteiger partial charge in [0.05, 0.1) is 19.1 Å². The Bertz CT molecular complexity index is 445. The molecule has 0 aliphatic heterocycles. The summed E-state index contributed by atoms with van der Waals surface area (Å²) in [4.78, 5) is 11.4. The first-order valence-electron chi connectivity index (χ1n) is 6.41. The number of benzene rings is 1. The van der Waals surface area contributed by atoms with E-state index in [2.05, 4.69) is 6.07 Å². The second-order valence-electron chi connectivity index (χ2n) is 4.67. The van der Waals surface area contributed by atoms with Crippen LogP contribution in [0.2, 0.25) is 0 Å². The summed E-state index contributed by atoms with van der Waals surface area (Å²) in [5.41, 5.74) is 0.996. The van der Waals surface area contributed by atoms with Crippen molar-refractivity contribution in [1.82, 2.24) is 0 Å². The standard InChI is InChI=1S/C15H17NO2/c16-10-8-12-4-6-14(7-5-12)18-11-9-13-2-1-3-15(13)17/h4-7,13H,1-3,8-9,11H2. The zero-order valence-corrected chi connectivity index (χ0v) is 10.4. The van der Waals surface area contributed by atoms with Crippen LogP contribution in [0.25, 0.3) is 0 Å². The largest absolute Gasteiger partial charge is 0.494 e. The minimum atomic E-state index is 0.211. The predicted octanol–water partition coefficient (Wildman–Crippen LogP) is 2.89. The lowest BCUT2D eigenvalue weighted by atomic mass is 10.0. The number of nitriles is 1. The second kappa shape index (κ2) is 6.20. The van der Waals surface area contributed by atoms with Gasteiger partial charge in [-0.25, -0.2) is 0 Å². The summed E-state index contributed by atoms with van der Waals surface area (Å²) in [6.45, 7) is 0.591. The Morgan fingerprint density at radius 2 is 2.11 bits per heavy atom. The molecule has 0 heterocycles. The molecule has 1 saturated carbocycles. The highest BCUT2D eigenvalue weighted by Gasteiger charge is 2.23. The van der Waals surface area contributed by atoms with Crippen molar-refractivity contribution in [2.24, 2.45) is 5.92 Å². The van der Waals surface area contributed by atoms with Crippen molar-refractivity contribution in [1.29, 1.82) is 5.26 Å². The molecule has 1 aromatic carbocycles. The fourth-order valence-electron chi connectivity index (χ4n) is 2.31. The quantitative estimate of drug-likeness (QED) is 0.799. The van der Waals surface area contributed by atoms with E-state index < -0.39 is 0 Å². The van der Waals surface area contributed by atoms with Crippen molar-refractivity contribution in [3.05, 3.63) is 29.8 Å². The average Bonchev–Trinajstić information content (AvgIpc) is 2.78. The van der Waals surface area contributed by atoms with Gasteiger partial charge in [-0.1, -0.05) is 12.1 Å². The smallest absolute Gasteiger partial charge is 0.136 e. The fourth-order valence-corrected chi connectivity index (χ4v) is 2.31. The summed E-state index contributed by atoms with van der Waals surface area (Å²) in [5, 5.41) is 8.56. The number of ether oxygens (including phenoxy) is 1. The zero-order chi connectivity index (χ0) is 12.8. The molecule has 1 atom stereocenters. The minimum Gasteiger partial charge on any atom is -0.494 e. The first kappa shape index (κ1) is 12.6. The maximum Gasteiger partial charge on any atom is 0.136 e. The molecule has 0 amide bonds. The van der Waals surface area contributed by atoms with Gasteiger partial charge in [0, 0.05) is 12.3 Å². The van der Waals surface area contributed by atoms with E-state index in [1.54, 1.807) is 0 Å². The van der Waals surface area contributed by atoms with Gasteiger partial charge in [0.2, 0.25) is 0 Å². The van der Waals surface area contributed by atoms with Crippen molar-refractivity contribution in [3.8, 4) is 11.8 Å². The lowest BCUT2D eigenvalue weighted by molar-refractivity contribution is -0.121. The molecule has 0 N–H and O–H groups in total. The summed E-state index contributed by atoms with van der Waals surface area (Å²) >= 11 is 0. The molecule has 1 aliphatic carbocycles. The SMILES string of the molecule is N#CCc1ccc(OCCC2CCCC2=O)cc1. The monoisotopic (exact) mass is 243 g/mol. The zero-order valence-electron chi connectivity index (χ0n) is 10.4. The third-order valence-corrected chi connectivity index (χ3v) is 3.37. The van der Waals surface area contributed by atoms with Crippen LogP contribution >= 0.6 is 0 Å². The highest BCUT2D eigenvalue weighted by molar-refractivity contribution is 5.82. The highest BCUT2D eigenvalue weighted by atomic mass is 16.5. The number of rotatable bonds is 5. The molecule has 0 aromatic heterocycles. The second-order valence-corrected chi connectivity index (χ2v) is 4.67. The summed E-state index contributed by atoms with van der Waals surface area (Å²) in [6.07, 6.45) is 4.04. The molecule has 1 unspecified atom stereocenters. The highest BCUT2D eigenvalue weighted by Crippen LogP contribution is 2.24. The first-order chi connectivity index (χ1) is 8.79. The molecule has 3 heteroatoms. The van der Waals surface area contributed by atoms with Crippen LogP contribution in [-0.4, -0.2) is 12.4 Å². The fraction of sp³-hybridized carbons (Fsp3) is 0.467. The maximum absolute atomic E-state index is 11.4. The molecular weight excluding hydrogens is 226 g/mol. The third-order valence-electron chi connectivity index (χ3n) is 3.37. The summed E-state index contributed by atoms with van der Waals surface area (Å²) < 4.78 is 5.61. The Morgan fingerprint density at radius 1 is 1.33 bits per heavy atom. The lowest BCUT2D eigenvalue weighted by Gasteiger charge is -2.09. The Morgan fingerprint density at radius 3 is 2.72 bits per heavy atom. The van der Waals surface area contributed by atoms with Gasteiger partial charge in [0.25, 0.3) is 0 Å². The van der Waals surface area contributed by atoms with E-state index in [1.165, 1.54) is 0 Å². The van der Waals surface area contributed by atoms with E-state index >= 15 is 0 Å². The molecule has 0 spiro atoms. The van der Waals surface area contributed by atoms with Gasteiger partial charge in [0.15, 0.2) is 0 Å². The maximum atomic E-state index is 11.4. The third kappa shape index (κ3) is 3.33. The van der Waals surface area contributed by atoms with Crippen LogP contribution in [0.3, 0.4) is 0 Å². The number of carbonyl (C=O) groups is 1. The molecule has 0 radical (unpaired) electrons. The molecule has 94 valence electrons. The van der Waals surface area contributed by atoms with E-state index in [0.29, 0.717) is 18.8 Å². The van der Waals surface area contributed by atoms with E-state index in [-0.39, 0.29) is 5.92 Å². The van der Waals surface area contributed by atoms with Gasteiger partial charge >= 0.3 is 0 Å². The van der Waals surface area contributed by atoms with Crippen LogP contribution in [0.1, 0.15) is 31.2 Å². The predicted molar refractivity (Wildman–Crippen MR) is 68.2 cm³/mol. The Kier molecular flexibility index (Phi) is 4.35. The van der Waals surface area contributed by atoms with Crippen LogP contribution in [0.5, 0.6) is 5.75 Å². The van der Waals surface area contributed by atoms with Crippen molar-refractivity contribution < 1.29 is 9.53 Å². The summed E-state index contributed by atoms with van der Waals surface area (Å²) in [7, 11) is 0. The molecule has 0 saturated heterocycles. The lowest BCUT2D eigenvalue weighted by Crippen LogP contribution is -2.11. The number of carbonyl (C=O) groups excluding carboxylic acids is 1. The Labute approximate surface area is 107 Å². The van der Waals surface area contributed by atoms with Crippen molar-refractivity contribution in [3.63, 3.8) is 0 Å². The van der Waals surface area contributed by atoms with Gasteiger partial charge in [-0.05, 0) is 37.0 Å². The Hall–Kier alpha value is -1.82. The summed E-state index contributed by atoms with van der Waals surface area (Å²) in [5.74, 6) is 1.41.